The Morgan fingerprint density at radius 3 is 1.18 bits per heavy atom. The Balaban J connectivity index is 2.24. The highest BCUT2D eigenvalue weighted by molar-refractivity contribution is 8.49. The predicted molar refractivity (Wildman–Crippen MR) is 123 cm³/mol. The fourth-order valence-electron chi connectivity index (χ4n) is 4.37. The van der Waals surface area contributed by atoms with Crippen LogP contribution in [0.3, 0.4) is 0 Å². The highest BCUT2D eigenvalue weighted by Gasteiger charge is 2.43. The van der Waals surface area contributed by atoms with Crippen molar-refractivity contribution in [1.82, 2.24) is 0 Å². The number of thiol groups is 1. The minimum atomic E-state index is -2.87. The van der Waals surface area contributed by atoms with E-state index in [4.69, 9.17) is 0 Å². The summed E-state index contributed by atoms with van der Waals surface area (Å²) in [5.41, 5.74) is 2.68. The summed E-state index contributed by atoms with van der Waals surface area (Å²) >= 11 is 0. The van der Waals surface area contributed by atoms with Gasteiger partial charge < -0.3 is 0 Å². The molecule has 0 bridgehead atoms. The molecule has 0 aliphatic carbocycles. The van der Waals surface area contributed by atoms with Crippen LogP contribution in [0.2, 0.25) is 0 Å². The molecule has 4 aromatic carbocycles. The predicted octanol–water partition coefficient (Wildman–Crippen LogP) is 7.54. The maximum Gasteiger partial charge on any atom is -0.0138 e. The molecule has 142 valence electrons. The van der Waals surface area contributed by atoms with E-state index in [-0.39, 0.29) is 0 Å². The van der Waals surface area contributed by atoms with Gasteiger partial charge in [-0.25, -0.2) is 9.16 Å². The Labute approximate surface area is 169 Å². The molecule has 0 unspecified atom stereocenters. The molecule has 0 saturated carbocycles. The van der Waals surface area contributed by atoms with E-state index in [2.05, 4.69) is 129 Å². The van der Waals surface area contributed by atoms with E-state index < -0.39 is 9.16 Å². The van der Waals surface area contributed by atoms with Gasteiger partial charge >= 0.3 is 0 Å². The fourth-order valence-corrected chi connectivity index (χ4v) is 9.87. The van der Waals surface area contributed by atoms with Gasteiger partial charge in [0.1, 0.15) is 0 Å². The quantitative estimate of drug-likeness (QED) is 0.345. The third kappa shape index (κ3) is 2.62. The minimum Gasteiger partial charge on any atom is -0.202 e. The summed E-state index contributed by atoms with van der Waals surface area (Å²) in [6, 6.07) is 40.3. The Morgan fingerprint density at radius 1 is 0.429 bits per heavy atom. The van der Waals surface area contributed by atoms with E-state index in [0.717, 1.165) is 0 Å². The van der Waals surface area contributed by atoms with Crippen molar-refractivity contribution in [3.05, 3.63) is 120 Å². The molecule has 0 radical (unpaired) electrons. The van der Waals surface area contributed by atoms with Crippen LogP contribution in [0.25, 0.3) is 0 Å². The largest absolute Gasteiger partial charge is 0.202 e. The number of hydrogen-bond acceptors (Lipinski definition) is 0. The molecule has 0 amide bonds. The molecule has 0 heterocycles. The first-order valence-electron chi connectivity index (χ1n) is 9.81. The lowest BCUT2D eigenvalue weighted by molar-refractivity contribution is 1.18. The molecule has 0 nitrogen and oxygen atoms in total. The van der Waals surface area contributed by atoms with Crippen molar-refractivity contribution in [2.24, 2.45) is 0 Å². The van der Waals surface area contributed by atoms with Gasteiger partial charge in [-0.15, -0.1) is 0 Å². The van der Waals surface area contributed by atoms with Crippen LogP contribution in [0.1, 0.15) is 11.1 Å². The first-order valence-corrected chi connectivity index (χ1v) is 12.5. The topological polar surface area (TPSA) is 0 Å². The number of rotatable bonds is 4. The first-order chi connectivity index (χ1) is 13.6. The van der Waals surface area contributed by atoms with E-state index >= 15 is 0 Å². The molecule has 4 rings (SSSR count). The molecular weight excluding hydrogens is 356 g/mol. The van der Waals surface area contributed by atoms with E-state index in [9.17, 15) is 0 Å². The van der Waals surface area contributed by atoms with Crippen molar-refractivity contribution in [3.8, 4) is 0 Å². The Hall–Kier alpha value is -2.77. The molecule has 0 saturated heterocycles. The maximum atomic E-state index is 2.51. The summed E-state index contributed by atoms with van der Waals surface area (Å²) in [6.45, 7) is 4.41. The van der Waals surface area contributed by atoms with Crippen LogP contribution in [0.5, 0.6) is 0 Å². The van der Waals surface area contributed by atoms with Gasteiger partial charge in [0.2, 0.25) is 0 Å². The SMILES string of the molecule is Cc1ccc([SH](C)(c2ccccc2)(c2ccccc2)c2ccccc2)cc1C. The first kappa shape index (κ1) is 18.6. The van der Waals surface area contributed by atoms with Gasteiger partial charge in [0, 0.05) is 0 Å². The molecule has 0 spiro atoms. The van der Waals surface area contributed by atoms with Gasteiger partial charge in [-0.1, -0.05) is 103 Å². The zero-order valence-corrected chi connectivity index (χ0v) is 17.7. The van der Waals surface area contributed by atoms with Gasteiger partial charge in [0.05, 0.1) is 0 Å². The van der Waals surface area contributed by atoms with Crippen LogP contribution in [0.4, 0.5) is 0 Å². The Morgan fingerprint density at radius 2 is 0.821 bits per heavy atom. The van der Waals surface area contributed by atoms with Crippen molar-refractivity contribution in [2.75, 3.05) is 6.26 Å². The third-order valence-electron chi connectivity index (χ3n) is 6.34. The number of benzene rings is 4. The van der Waals surface area contributed by atoms with Gasteiger partial charge in [-0.05, 0) is 56.9 Å². The van der Waals surface area contributed by atoms with E-state index in [1.807, 2.05) is 0 Å². The summed E-state index contributed by atoms with van der Waals surface area (Å²) in [7, 11) is -2.87. The molecule has 0 atom stereocenters. The fraction of sp³-hybridized carbons (Fsp3) is 0.111. The minimum absolute atomic E-state index is 1.34. The molecule has 28 heavy (non-hydrogen) atoms. The van der Waals surface area contributed by atoms with E-state index in [1.54, 1.807) is 0 Å². The van der Waals surface area contributed by atoms with Gasteiger partial charge in [-0.2, -0.15) is 0 Å². The van der Waals surface area contributed by atoms with Crippen LogP contribution < -0.4 is 0 Å². The molecule has 0 fully saturated rings. The maximum absolute atomic E-state index is 2.87. The van der Waals surface area contributed by atoms with Crippen molar-refractivity contribution in [1.29, 1.82) is 0 Å². The molecule has 0 N–H and O–H groups in total. The normalized spacial score (nSPS) is 12.9. The average Bonchev–Trinajstić information content (AvgIpc) is 2.77. The Kier molecular flexibility index (Phi) is 4.64. The van der Waals surface area contributed by atoms with Crippen LogP contribution in [0.15, 0.2) is 129 Å². The van der Waals surface area contributed by atoms with Crippen molar-refractivity contribution < 1.29 is 0 Å². The van der Waals surface area contributed by atoms with E-state index in [0.29, 0.717) is 0 Å². The average molecular weight is 385 g/mol. The summed E-state index contributed by atoms with van der Waals surface area (Å²) < 4.78 is 0. The zero-order valence-electron chi connectivity index (χ0n) is 16.8. The van der Waals surface area contributed by atoms with Crippen molar-refractivity contribution >= 4 is 9.16 Å². The lowest BCUT2D eigenvalue weighted by Crippen LogP contribution is -2.20. The second-order valence-electron chi connectivity index (χ2n) is 7.84. The number of aryl methyl sites for hydroxylation is 2. The summed E-state index contributed by atoms with van der Waals surface area (Å²) in [5.74, 6) is 0. The highest BCUT2D eigenvalue weighted by Crippen LogP contribution is 2.87. The summed E-state index contributed by atoms with van der Waals surface area (Å²) in [4.78, 5) is 5.61. The lowest BCUT2D eigenvalue weighted by Gasteiger charge is -2.60. The summed E-state index contributed by atoms with van der Waals surface area (Å²) in [6.07, 6.45) is 2.51. The summed E-state index contributed by atoms with van der Waals surface area (Å²) in [5, 5.41) is 0. The van der Waals surface area contributed by atoms with Crippen LogP contribution in [-0.4, -0.2) is 6.26 Å². The van der Waals surface area contributed by atoms with Crippen LogP contribution in [-0.2, 0) is 0 Å². The van der Waals surface area contributed by atoms with Crippen molar-refractivity contribution in [3.63, 3.8) is 0 Å². The second kappa shape index (κ2) is 7.00. The Bertz CT molecular complexity index is 984. The monoisotopic (exact) mass is 384 g/mol. The second-order valence-corrected chi connectivity index (χ2v) is 13.0. The van der Waals surface area contributed by atoms with Gasteiger partial charge in [0.25, 0.3) is 0 Å². The van der Waals surface area contributed by atoms with Crippen LogP contribution >= 0.6 is 9.16 Å². The van der Waals surface area contributed by atoms with Gasteiger partial charge in [0.15, 0.2) is 0 Å². The molecule has 0 aliphatic rings. The van der Waals surface area contributed by atoms with Gasteiger partial charge in [-0.3, -0.25) is 0 Å². The molecule has 0 aliphatic heterocycles. The molecule has 1 heteroatoms. The van der Waals surface area contributed by atoms with Crippen molar-refractivity contribution in [2.45, 2.75) is 33.4 Å². The van der Waals surface area contributed by atoms with Crippen LogP contribution in [0, 0.1) is 13.8 Å². The van der Waals surface area contributed by atoms with E-state index in [1.165, 1.54) is 30.7 Å². The molecular formula is C27H28S. The lowest BCUT2D eigenvalue weighted by atomic mass is 10.1. The standard InChI is InChI=1S/C27H28S/c1-22-19-20-27(21-23(22)2)28(3,24-13-7-4-8-14-24,25-15-9-5-10-16-25)26-17-11-6-12-18-26/h4-21,28H,1-3H3. The molecule has 0 aromatic heterocycles. The highest BCUT2D eigenvalue weighted by atomic mass is 32.3. The zero-order chi connectivity index (χ0) is 19.6. The smallest absolute Gasteiger partial charge is 0.0138 e. The third-order valence-corrected chi connectivity index (χ3v) is 12.7. The molecule has 4 aromatic rings. The number of hydrogen-bond donors (Lipinski definition) is 1.